The molecule has 5 atom stereocenters. The summed E-state index contributed by atoms with van der Waals surface area (Å²) < 4.78 is 26.8. The Balaban J connectivity index is 3.27. The van der Waals surface area contributed by atoms with Crippen LogP contribution in [-0.4, -0.2) is 73.8 Å². The number of ether oxygens (including phenoxy) is 5. The SMILES string of the molecule is CC(=O)OC1OC(CS[As](C)C)C(OC(C)=O)C(OC(C)=O)C1OC(C)=O. The summed E-state index contributed by atoms with van der Waals surface area (Å²) in [5, 5.41) is 0. The van der Waals surface area contributed by atoms with Gasteiger partial charge in [0, 0.05) is 0 Å². The van der Waals surface area contributed by atoms with E-state index in [2.05, 4.69) is 11.4 Å². The van der Waals surface area contributed by atoms with Crippen LogP contribution in [0.15, 0.2) is 0 Å². The van der Waals surface area contributed by atoms with Crippen molar-refractivity contribution in [3.05, 3.63) is 0 Å². The Morgan fingerprint density at radius 2 is 1.22 bits per heavy atom. The predicted molar refractivity (Wildman–Crippen MR) is 97.0 cm³/mol. The van der Waals surface area contributed by atoms with E-state index in [0.29, 0.717) is 5.75 Å². The molecule has 0 aromatic carbocycles. The molecular formula is C16H25AsO9S. The summed E-state index contributed by atoms with van der Waals surface area (Å²) in [5.74, 6) is -2.18. The van der Waals surface area contributed by atoms with Crippen molar-refractivity contribution in [1.29, 1.82) is 0 Å². The molecule has 1 aliphatic heterocycles. The van der Waals surface area contributed by atoms with Crippen molar-refractivity contribution in [3.8, 4) is 0 Å². The topological polar surface area (TPSA) is 114 Å². The molecule has 27 heavy (non-hydrogen) atoms. The maximum absolute atomic E-state index is 11.6. The molecular weight excluding hydrogens is 443 g/mol. The first kappa shape index (κ1) is 23.8. The summed E-state index contributed by atoms with van der Waals surface area (Å²) in [6.07, 6.45) is -5.45. The van der Waals surface area contributed by atoms with Crippen LogP contribution in [0.4, 0.5) is 0 Å². The van der Waals surface area contributed by atoms with E-state index in [-0.39, 0.29) is 0 Å². The van der Waals surface area contributed by atoms with Crippen molar-refractivity contribution in [3.63, 3.8) is 0 Å². The van der Waals surface area contributed by atoms with Crippen LogP contribution >= 0.6 is 10.0 Å². The summed E-state index contributed by atoms with van der Waals surface area (Å²) in [6.45, 7) is 4.73. The molecule has 154 valence electrons. The van der Waals surface area contributed by atoms with Gasteiger partial charge in [-0.3, -0.25) is 0 Å². The Morgan fingerprint density at radius 3 is 1.67 bits per heavy atom. The Labute approximate surface area is 166 Å². The standard InChI is InChI=1S/C16H25AsO9S/c1-8(18)22-13-12(7-27-17(5)6)26-16(25-11(4)21)15(24-10(3)20)14(13)23-9(2)19/h12-16H,7H2,1-6H3. The van der Waals surface area contributed by atoms with Crippen LogP contribution in [-0.2, 0) is 42.9 Å². The van der Waals surface area contributed by atoms with Gasteiger partial charge in [0.2, 0.25) is 0 Å². The average molecular weight is 468 g/mol. The van der Waals surface area contributed by atoms with Gasteiger partial charge < -0.3 is 0 Å². The molecule has 0 saturated carbocycles. The second kappa shape index (κ2) is 10.9. The van der Waals surface area contributed by atoms with Crippen molar-refractivity contribution in [2.75, 3.05) is 5.75 Å². The van der Waals surface area contributed by atoms with Crippen LogP contribution in [0.2, 0.25) is 11.4 Å². The zero-order chi connectivity index (χ0) is 20.7. The van der Waals surface area contributed by atoms with Crippen molar-refractivity contribution < 1.29 is 42.9 Å². The van der Waals surface area contributed by atoms with Gasteiger partial charge in [0.05, 0.1) is 0 Å². The van der Waals surface area contributed by atoms with E-state index >= 15 is 0 Å². The van der Waals surface area contributed by atoms with Crippen molar-refractivity contribution in [2.45, 2.75) is 69.8 Å². The van der Waals surface area contributed by atoms with Gasteiger partial charge in [0.15, 0.2) is 0 Å². The van der Waals surface area contributed by atoms with Crippen LogP contribution in [0.1, 0.15) is 27.7 Å². The fourth-order valence-corrected chi connectivity index (χ4v) is 5.98. The van der Waals surface area contributed by atoms with Crippen LogP contribution < -0.4 is 0 Å². The van der Waals surface area contributed by atoms with E-state index < -0.39 is 68.1 Å². The number of rotatable bonds is 7. The molecule has 0 amide bonds. The molecule has 9 nitrogen and oxygen atoms in total. The second-order valence-electron chi connectivity index (χ2n) is 5.98. The summed E-state index contributed by atoms with van der Waals surface area (Å²) in [7, 11) is 1.67. The molecule has 1 rings (SSSR count). The summed E-state index contributed by atoms with van der Waals surface area (Å²) >= 11 is -1.11. The Kier molecular flexibility index (Phi) is 9.62. The molecule has 1 saturated heterocycles. The van der Waals surface area contributed by atoms with Gasteiger partial charge in [-0.1, -0.05) is 0 Å². The van der Waals surface area contributed by atoms with Gasteiger partial charge in [-0.2, -0.15) is 0 Å². The molecule has 11 heteroatoms. The summed E-state index contributed by atoms with van der Waals surface area (Å²) in [6, 6.07) is 0. The van der Waals surface area contributed by atoms with Crippen molar-refractivity contribution in [2.24, 2.45) is 0 Å². The number of esters is 4. The molecule has 0 aromatic rings. The fourth-order valence-electron chi connectivity index (χ4n) is 2.47. The van der Waals surface area contributed by atoms with E-state index in [1.54, 1.807) is 10.0 Å². The molecule has 0 spiro atoms. The third-order valence-electron chi connectivity index (χ3n) is 3.28. The fraction of sp³-hybridized carbons (Fsp3) is 0.750. The molecule has 0 radical (unpaired) electrons. The molecule has 0 aliphatic carbocycles. The molecule has 0 N–H and O–H groups in total. The monoisotopic (exact) mass is 468 g/mol. The van der Waals surface area contributed by atoms with E-state index in [0.717, 1.165) is 6.92 Å². The summed E-state index contributed by atoms with van der Waals surface area (Å²) in [5.41, 5.74) is 4.24. The second-order valence-corrected chi connectivity index (χ2v) is 15.4. The number of hydrogen-bond donors (Lipinski definition) is 0. The molecule has 1 heterocycles. The molecule has 1 aliphatic rings. The van der Waals surface area contributed by atoms with Gasteiger partial charge in [0.25, 0.3) is 0 Å². The first-order chi connectivity index (χ1) is 12.5. The quantitative estimate of drug-likeness (QED) is 0.305. The number of carbonyl (C=O) groups is 4. The number of carbonyl (C=O) groups excluding carboxylic acids is 4. The maximum atomic E-state index is 11.6. The molecule has 0 aromatic heterocycles. The minimum absolute atomic E-state index is 0.438. The normalized spacial score (nSPS) is 27.6. The van der Waals surface area contributed by atoms with E-state index in [4.69, 9.17) is 23.7 Å². The Hall–Kier alpha value is -1.25. The van der Waals surface area contributed by atoms with Crippen LogP contribution in [0, 0.1) is 0 Å². The molecule has 0 bridgehead atoms. The van der Waals surface area contributed by atoms with E-state index in [9.17, 15) is 19.2 Å². The zero-order valence-electron chi connectivity index (χ0n) is 16.1. The summed E-state index contributed by atoms with van der Waals surface area (Å²) in [4.78, 5) is 46.2. The molecule has 5 unspecified atom stereocenters. The minimum atomic E-state index is -1.29. The van der Waals surface area contributed by atoms with Crippen LogP contribution in [0.3, 0.4) is 0 Å². The Bertz CT molecular complexity index is 568. The third kappa shape index (κ3) is 8.11. The average Bonchev–Trinajstić information content (AvgIpc) is 2.49. The zero-order valence-corrected chi connectivity index (χ0v) is 18.8. The van der Waals surface area contributed by atoms with Gasteiger partial charge in [-0.05, 0) is 0 Å². The van der Waals surface area contributed by atoms with E-state index in [1.165, 1.54) is 20.8 Å². The Morgan fingerprint density at radius 1 is 0.778 bits per heavy atom. The van der Waals surface area contributed by atoms with Crippen molar-refractivity contribution >= 4 is 47.4 Å². The van der Waals surface area contributed by atoms with E-state index in [1.807, 2.05) is 0 Å². The van der Waals surface area contributed by atoms with Crippen LogP contribution in [0.25, 0.3) is 0 Å². The molecule has 1 fully saturated rings. The van der Waals surface area contributed by atoms with Gasteiger partial charge in [-0.25, -0.2) is 0 Å². The third-order valence-corrected chi connectivity index (χ3v) is 8.46. The number of hydrogen-bond acceptors (Lipinski definition) is 10. The van der Waals surface area contributed by atoms with Crippen LogP contribution in [0.5, 0.6) is 0 Å². The first-order valence-electron chi connectivity index (χ1n) is 8.15. The van der Waals surface area contributed by atoms with Gasteiger partial charge in [0.1, 0.15) is 0 Å². The van der Waals surface area contributed by atoms with Gasteiger partial charge >= 0.3 is 166 Å². The van der Waals surface area contributed by atoms with Gasteiger partial charge in [-0.15, -0.1) is 0 Å². The first-order valence-corrected chi connectivity index (χ1v) is 15.1. The predicted octanol–water partition coefficient (Wildman–Crippen LogP) is 1.05. The van der Waals surface area contributed by atoms with Crippen molar-refractivity contribution in [1.82, 2.24) is 0 Å².